The van der Waals surface area contributed by atoms with Gasteiger partial charge in [-0.15, -0.1) is 0 Å². The van der Waals surface area contributed by atoms with Crippen LogP contribution in [0.25, 0.3) is 11.0 Å². The molecule has 3 aromatic rings. The van der Waals surface area contributed by atoms with Crippen LogP contribution >= 0.6 is 0 Å². The van der Waals surface area contributed by atoms with E-state index in [1.165, 1.54) is 19.2 Å². The maximum Gasteiger partial charge on any atom is 0.416 e. The summed E-state index contributed by atoms with van der Waals surface area (Å²) in [5, 5.41) is 0.312. The van der Waals surface area contributed by atoms with Crippen LogP contribution in [0.4, 0.5) is 13.2 Å². The van der Waals surface area contributed by atoms with Gasteiger partial charge in [0.05, 0.1) is 24.6 Å². The van der Waals surface area contributed by atoms with E-state index in [-0.39, 0.29) is 13.0 Å². The standard InChI is InChI=1S/C23H24F3NO5/c1-3-4-11-31-20(22(29)30-2)13-16-7-10-19-18(12-16)21(28)27(32-19)14-15-5-8-17(9-6-15)23(24,25)26/h5-10,12,20H,3-4,11,13-14H2,1-2H3. The average molecular weight is 451 g/mol. The second-order valence-electron chi connectivity index (χ2n) is 7.40. The van der Waals surface area contributed by atoms with Crippen molar-refractivity contribution >= 4 is 16.9 Å². The van der Waals surface area contributed by atoms with Gasteiger partial charge in [0.2, 0.25) is 0 Å². The highest BCUT2D eigenvalue weighted by Crippen LogP contribution is 2.29. The number of carbonyl (C=O) groups is 1. The van der Waals surface area contributed by atoms with Crippen molar-refractivity contribution in [3.05, 3.63) is 69.5 Å². The van der Waals surface area contributed by atoms with E-state index in [0.29, 0.717) is 28.7 Å². The summed E-state index contributed by atoms with van der Waals surface area (Å²) in [6, 6.07) is 9.52. The Morgan fingerprint density at radius 2 is 1.81 bits per heavy atom. The van der Waals surface area contributed by atoms with Crippen molar-refractivity contribution in [2.24, 2.45) is 0 Å². The molecule has 1 atom stereocenters. The van der Waals surface area contributed by atoms with Crippen LogP contribution in [0.5, 0.6) is 0 Å². The zero-order chi connectivity index (χ0) is 23.3. The molecule has 9 heteroatoms. The molecule has 0 fully saturated rings. The van der Waals surface area contributed by atoms with E-state index in [1.54, 1.807) is 18.2 Å². The Balaban J connectivity index is 1.80. The number of esters is 1. The number of halogens is 3. The molecule has 0 radical (unpaired) electrons. The Kier molecular flexibility index (Phi) is 7.40. The molecule has 0 saturated heterocycles. The van der Waals surface area contributed by atoms with Crippen LogP contribution in [0.3, 0.4) is 0 Å². The molecule has 0 amide bonds. The zero-order valence-electron chi connectivity index (χ0n) is 17.8. The molecule has 0 saturated carbocycles. The van der Waals surface area contributed by atoms with Crippen LogP contribution in [0.1, 0.15) is 36.5 Å². The molecule has 1 aromatic heterocycles. The molecule has 2 aromatic carbocycles. The van der Waals surface area contributed by atoms with Gasteiger partial charge in [0.1, 0.15) is 0 Å². The second-order valence-corrected chi connectivity index (χ2v) is 7.40. The summed E-state index contributed by atoms with van der Waals surface area (Å²) in [6.07, 6.45) is -3.25. The van der Waals surface area contributed by atoms with E-state index in [1.807, 2.05) is 6.92 Å². The quantitative estimate of drug-likeness (QED) is 0.352. The fourth-order valence-corrected chi connectivity index (χ4v) is 3.24. The lowest BCUT2D eigenvalue weighted by atomic mass is 10.1. The van der Waals surface area contributed by atoms with E-state index in [0.717, 1.165) is 29.7 Å². The highest BCUT2D eigenvalue weighted by molar-refractivity contribution is 5.78. The van der Waals surface area contributed by atoms with E-state index < -0.39 is 29.4 Å². The van der Waals surface area contributed by atoms with E-state index >= 15 is 0 Å². The summed E-state index contributed by atoms with van der Waals surface area (Å²) in [5.41, 5.74) is 0.359. The molecule has 172 valence electrons. The van der Waals surface area contributed by atoms with Crippen molar-refractivity contribution in [1.29, 1.82) is 0 Å². The number of ether oxygens (including phenoxy) is 2. The third-order valence-corrected chi connectivity index (χ3v) is 5.02. The second kappa shape index (κ2) is 10.0. The average Bonchev–Trinajstić information content (AvgIpc) is 3.07. The maximum atomic E-state index is 12.8. The van der Waals surface area contributed by atoms with Crippen molar-refractivity contribution in [3.63, 3.8) is 0 Å². The number of benzene rings is 2. The number of alkyl halides is 3. The number of hydrogen-bond donors (Lipinski definition) is 0. The largest absolute Gasteiger partial charge is 0.467 e. The van der Waals surface area contributed by atoms with E-state index in [4.69, 9.17) is 14.0 Å². The number of fused-ring (bicyclic) bond motifs is 1. The van der Waals surface area contributed by atoms with Crippen LogP contribution in [0.15, 0.2) is 51.8 Å². The summed E-state index contributed by atoms with van der Waals surface area (Å²) in [7, 11) is 1.29. The monoisotopic (exact) mass is 451 g/mol. The van der Waals surface area contributed by atoms with Crippen molar-refractivity contribution < 1.29 is 32.0 Å². The Morgan fingerprint density at radius 1 is 1.12 bits per heavy atom. The molecule has 1 heterocycles. The van der Waals surface area contributed by atoms with Gasteiger partial charge >= 0.3 is 12.1 Å². The fraction of sp³-hybridized carbons (Fsp3) is 0.391. The summed E-state index contributed by atoms with van der Waals surface area (Å²) < 4.78 is 55.3. The molecule has 32 heavy (non-hydrogen) atoms. The molecule has 0 aliphatic heterocycles. The minimum absolute atomic E-state index is 0.00804. The van der Waals surface area contributed by atoms with E-state index in [9.17, 15) is 22.8 Å². The van der Waals surface area contributed by atoms with Gasteiger partial charge in [0.25, 0.3) is 5.56 Å². The number of unbranched alkanes of at least 4 members (excludes halogenated alkanes) is 1. The Bertz CT molecular complexity index is 1120. The van der Waals surface area contributed by atoms with Gasteiger partial charge in [0, 0.05) is 13.0 Å². The predicted molar refractivity (Wildman–Crippen MR) is 111 cm³/mol. The first kappa shape index (κ1) is 23.6. The Morgan fingerprint density at radius 3 is 2.44 bits per heavy atom. The lowest BCUT2D eigenvalue weighted by Gasteiger charge is -2.15. The number of methoxy groups -OCH3 is 1. The molecule has 0 bridgehead atoms. The maximum absolute atomic E-state index is 12.8. The molecule has 6 nitrogen and oxygen atoms in total. The number of nitrogens with zero attached hydrogens (tertiary/aromatic N) is 1. The number of rotatable bonds is 9. The number of carbonyl (C=O) groups excluding carboxylic acids is 1. The minimum atomic E-state index is -4.42. The highest BCUT2D eigenvalue weighted by Gasteiger charge is 2.30. The Labute approximate surface area is 182 Å². The molecule has 0 N–H and O–H groups in total. The zero-order valence-corrected chi connectivity index (χ0v) is 17.8. The minimum Gasteiger partial charge on any atom is -0.467 e. The summed E-state index contributed by atoms with van der Waals surface area (Å²) in [4.78, 5) is 24.8. The normalized spacial score (nSPS) is 12.8. The summed E-state index contributed by atoms with van der Waals surface area (Å²) >= 11 is 0. The summed E-state index contributed by atoms with van der Waals surface area (Å²) in [5.74, 6) is -0.492. The predicted octanol–water partition coefficient (Wildman–Crippen LogP) is 4.56. The number of aromatic nitrogens is 1. The van der Waals surface area contributed by atoms with Gasteiger partial charge in [-0.2, -0.15) is 17.9 Å². The Hall–Kier alpha value is -3.07. The fourth-order valence-electron chi connectivity index (χ4n) is 3.24. The highest BCUT2D eigenvalue weighted by atomic mass is 19.4. The molecule has 1 unspecified atom stereocenters. The first-order valence-electron chi connectivity index (χ1n) is 10.2. The first-order valence-corrected chi connectivity index (χ1v) is 10.2. The van der Waals surface area contributed by atoms with Gasteiger partial charge in [-0.1, -0.05) is 31.5 Å². The molecule has 0 aliphatic carbocycles. The van der Waals surface area contributed by atoms with Crippen molar-refractivity contribution in [3.8, 4) is 0 Å². The van der Waals surface area contributed by atoms with Crippen molar-refractivity contribution in [2.75, 3.05) is 13.7 Å². The third kappa shape index (κ3) is 5.59. The van der Waals surface area contributed by atoms with Gasteiger partial charge in [0.15, 0.2) is 11.7 Å². The molecule has 0 spiro atoms. The smallest absolute Gasteiger partial charge is 0.416 e. The lowest BCUT2D eigenvalue weighted by molar-refractivity contribution is -0.154. The summed E-state index contributed by atoms with van der Waals surface area (Å²) in [6.45, 7) is 2.43. The van der Waals surface area contributed by atoms with Crippen LogP contribution in [0, 0.1) is 0 Å². The topological polar surface area (TPSA) is 70.7 Å². The van der Waals surface area contributed by atoms with Crippen LogP contribution in [0.2, 0.25) is 0 Å². The van der Waals surface area contributed by atoms with Crippen molar-refractivity contribution in [2.45, 2.75) is 45.0 Å². The van der Waals surface area contributed by atoms with Gasteiger partial charge in [-0.3, -0.25) is 4.79 Å². The van der Waals surface area contributed by atoms with Crippen LogP contribution in [-0.2, 0) is 33.4 Å². The SMILES string of the molecule is CCCCOC(Cc1ccc2on(Cc3ccc(C(F)(F)F)cc3)c(=O)c2c1)C(=O)OC. The van der Waals surface area contributed by atoms with Crippen LogP contribution in [-0.4, -0.2) is 30.5 Å². The van der Waals surface area contributed by atoms with E-state index in [2.05, 4.69) is 0 Å². The van der Waals surface area contributed by atoms with Crippen molar-refractivity contribution in [1.82, 2.24) is 4.74 Å². The first-order chi connectivity index (χ1) is 15.2. The van der Waals surface area contributed by atoms with Gasteiger partial charge in [-0.25, -0.2) is 4.79 Å². The molecular weight excluding hydrogens is 427 g/mol. The number of hydrogen-bond acceptors (Lipinski definition) is 5. The van der Waals surface area contributed by atoms with Gasteiger partial charge in [-0.05, 0) is 41.8 Å². The third-order valence-electron chi connectivity index (χ3n) is 5.02. The molecular formula is C23H24F3NO5. The van der Waals surface area contributed by atoms with Crippen LogP contribution < -0.4 is 5.56 Å². The lowest BCUT2D eigenvalue weighted by Crippen LogP contribution is -2.28. The molecule has 3 rings (SSSR count). The van der Waals surface area contributed by atoms with Gasteiger partial charge < -0.3 is 14.0 Å². The molecule has 0 aliphatic rings.